The maximum absolute atomic E-state index is 14.2. The Morgan fingerprint density at radius 3 is 2.27 bits per heavy atom. The predicted molar refractivity (Wildman–Crippen MR) is 174 cm³/mol. The van der Waals surface area contributed by atoms with Crippen LogP contribution >= 0.6 is 0 Å². The third-order valence-corrected chi connectivity index (χ3v) is 11.5. The molecule has 0 radical (unpaired) electrons. The number of aliphatic hydroxyl groups excluding tert-OH is 1. The number of carbonyl (C=O) groups is 2. The molecule has 0 aromatic carbocycles. The Hall–Kier alpha value is -1.14. The van der Waals surface area contributed by atoms with Crippen LogP contribution in [0.15, 0.2) is 0 Å². The smallest absolute Gasteiger partial charge is 0.319 e. The first-order chi connectivity index (χ1) is 21.0. The van der Waals surface area contributed by atoms with Crippen molar-refractivity contribution in [2.45, 2.75) is 128 Å². The lowest BCUT2D eigenvalue weighted by Crippen LogP contribution is -2.59. The fraction of sp³-hybridized carbons (Fsp3) is 0.943. The molecule has 0 unspecified atom stereocenters. The summed E-state index contributed by atoms with van der Waals surface area (Å²) < 4.78 is 25.1. The Balaban J connectivity index is 1.59. The summed E-state index contributed by atoms with van der Waals surface area (Å²) >= 11 is 0. The third-order valence-electron chi connectivity index (χ3n) is 11.5. The fourth-order valence-electron chi connectivity index (χ4n) is 8.22. The molecule has 2 saturated heterocycles. The Bertz CT molecular complexity index is 1020. The molecule has 0 amide bonds. The van der Waals surface area contributed by atoms with Gasteiger partial charge < -0.3 is 33.9 Å². The van der Waals surface area contributed by atoms with Crippen molar-refractivity contribution in [1.29, 1.82) is 0 Å². The number of Topliss-reactive ketones (excluding diaryl/α,β-unsaturated/α-hetero) is 1. The molecular formula is C35H63N3O7. The number of likely N-dealkylation sites (N-methyl/N-ethyl adjacent to an activating group) is 2. The number of rotatable bonds is 8. The topological polar surface area (TPSA) is 101 Å². The van der Waals surface area contributed by atoms with Crippen molar-refractivity contribution in [3.05, 3.63) is 0 Å². The second-order valence-corrected chi connectivity index (χ2v) is 16.1. The lowest BCUT2D eigenvalue weighted by atomic mass is 9.74. The molecule has 10 nitrogen and oxygen atoms in total. The van der Waals surface area contributed by atoms with Gasteiger partial charge in [-0.2, -0.15) is 0 Å². The van der Waals surface area contributed by atoms with Gasteiger partial charge in [-0.3, -0.25) is 14.5 Å². The maximum Gasteiger partial charge on any atom is 0.319 e. The Labute approximate surface area is 272 Å². The van der Waals surface area contributed by atoms with Crippen LogP contribution < -0.4 is 0 Å². The van der Waals surface area contributed by atoms with Gasteiger partial charge >= 0.3 is 5.97 Å². The summed E-state index contributed by atoms with van der Waals surface area (Å²) in [5.74, 6) is -0.0606. The molecule has 9 atom stereocenters. The number of ketones is 1. The highest BCUT2D eigenvalue weighted by Gasteiger charge is 2.52. The Morgan fingerprint density at radius 1 is 1.04 bits per heavy atom. The van der Waals surface area contributed by atoms with Gasteiger partial charge in [-0.1, -0.05) is 13.8 Å². The number of aliphatic hydroxyl groups is 1. The minimum Gasteiger partial charge on any atom is -0.463 e. The van der Waals surface area contributed by atoms with Gasteiger partial charge in [0.15, 0.2) is 12.1 Å². The zero-order chi connectivity index (χ0) is 33.4. The van der Waals surface area contributed by atoms with E-state index in [2.05, 4.69) is 30.8 Å². The van der Waals surface area contributed by atoms with Crippen LogP contribution in [0.4, 0.5) is 0 Å². The predicted octanol–water partition coefficient (Wildman–Crippen LogP) is 3.44. The van der Waals surface area contributed by atoms with Gasteiger partial charge in [-0.25, -0.2) is 0 Å². The average molecular weight is 638 g/mol. The van der Waals surface area contributed by atoms with Crippen LogP contribution in [-0.4, -0.2) is 135 Å². The van der Waals surface area contributed by atoms with E-state index in [0.717, 1.165) is 25.3 Å². The molecule has 4 aliphatic rings. The molecule has 0 aromatic heterocycles. The van der Waals surface area contributed by atoms with Gasteiger partial charge in [-0.15, -0.1) is 0 Å². The number of methoxy groups -OCH3 is 1. The van der Waals surface area contributed by atoms with E-state index in [1.54, 1.807) is 27.9 Å². The highest BCUT2D eigenvalue weighted by atomic mass is 16.7. The molecule has 0 aromatic rings. The summed E-state index contributed by atoms with van der Waals surface area (Å²) in [6, 6.07) is 0.480. The van der Waals surface area contributed by atoms with E-state index in [1.807, 2.05) is 32.8 Å². The van der Waals surface area contributed by atoms with Crippen LogP contribution in [0.5, 0.6) is 0 Å². The maximum atomic E-state index is 14.2. The summed E-state index contributed by atoms with van der Waals surface area (Å²) in [5, 5.41) is 11.3. The van der Waals surface area contributed by atoms with Gasteiger partial charge in [0.1, 0.15) is 18.1 Å². The minimum atomic E-state index is -1.39. The van der Waals surface area contributed by atoms with Crippen molar-refractivity contribution in [3.8, 4) is 0 Å². The van der Waals surface area contributed by atoms with E-state index < -0.39 is 41.4 Å². The van der Waals surface area contributed by atoms with Crippen LogP contribution in [0.25, 0.3) is 0 Å². The van der Waals surface area contributed by atoms with Crippen LogP contribution in [0.2, 0.25) is 0 Å². The number of hydrogen-bond acceptors (Lipinski definition) is 10. The highest BCUT2D eigenvalue weighted by molar-refractivity contribution is 6.04. The second-order valence-electron chi connectivity index (χ2n) is 16.1. The SMILES string of the molecule is CO[C@]1(C)C[C@@H](C)CN(C)[C@H]([C@H]2C[C@H](N(C)CC3CC3)C2)COC(=O)C(C)(C)C(=O)[C@H](C)[C@H]1O[C@@H]1O[C@H](C)C[C@H](N(C)C)[C@H]1O. The molecule has 2 heterocycles. The van der Waals surface area contributed by atoms with Crippen LogP contribution in [0.3, 0.4) is 0 Å². The molecule has 1 N–H and O–H groups in total. The van der Waals surface area contributed by atoms with Crippen molar-refractivity contribution in [2.75, 3.05) is 55.0 Å². The lowest BCUT2D eigenvalue weighted by Gasteiger charge is -2.48. The molecule has 2 saturated carbocycles. The average Bonchev–Trinajstić information content (AvgIpc) is 3.75. The largest absolute Gasteiger partial charge is 0.463 e. The Kier molecular flexibility index (Phi) is 11.9. The Morgan fingerprint density at radius 2 is 1.69 bits per heavy atom. The number of cyclic esters (lactones) is 1. The normalized spacial score (nSPS) is 42.4. The van der Waals surface area contributed by atoms with Gasteiger partial charge in [0.25, 0.3) is 0 Å². The number of hydrogen-bond donors (Lipinski definition) is 1. The second kappa shape index (κ2) is 14.5. The molecule has 2 aliphatic heterocycles. The first kappa shape index (κ1) is 36.7. The van der Waals surface area contributed by atoms with Gasteiger partial charge in [0.2, 0.25) is 0 Å². The van der Waals surface area contributed by atoms with Crippen molar-refractivity contribution in [3.63, 3.8) is 0 Å². The van der Waals surface area contributed by atoms with Crippen LogP contribution in [-0.2, 0) is 28.5 Å². The summed E-state index contributed by atoms with van der Waals surface area (Å²) in [6.07, 6.45) is 3.36. The quantitative estimate of drug-likeness (QED) is 0.315. The fourth-order valence-corrected chi connectivity index (χ4v) is 8.22. The molecule has 2 aliphatic carbocycles. The van der Waals surface area contributed by atoms with E-state index in [4.69, 9.17) is 18.9 Å². The molecular weight excluding hydrogens is 574 g/mol. The summed E-state index contributed by atoms with van der Waals surface area (Å²) in [4.78, 5) is 34.7. The molecule has 260 valence electrons. The first-order valence-corrected chi connectivity index (χ1v) is 17.3. The molecule has 0 bridgehead atoms. The number of nitrogens with zero attached hydrogens (tertiary/aromatic N) is 3. The van der Waals surface area contributed by atoms with E-state index in [9.17, 15) is 14.7 Å². The van der Waals surface area contributed by atoms with E-state index in [0.29, 0.717) is 24.8 Å². The van der Waals surface area contributed by atoms with E-state index in [1.165, 1.54) is 19.4 Å². The van der Waals surface area contributed by atoms with Gasteiger partial charge in [0.05, 0.1) is 17.8 Å². The molecule has 0 spiro atoms. The van der Waals surface area contributed by atoms with Gasteiger partial charge in [-0.05, 0) is 112 Å². The van der Waals surface area contributed by atoms with Crippen LogP contribution in [0, 0.1) is 29.1 Å². The summed E-state index contributed by atoms with van der Waals surface area (Å²) in [6.45, 7) is 13.5. The van der Waals surface area contributed by atoms with Crippen molar-refractivity contribution >= 4 is 11.8 Å². The molecule has 10 heteroatoms. The zero-order valence-electron chi connectivity index (χ0n) is 30.0. The zero-order valence-corrected chi connectivity index (χ0v) is 30.0. The summed E-state index contributed by atoms with van der Waals surface area (Å²) in [5.41, 5.74) is -2.29. The molecule has 4 fully saturated rings. The highest BCUT2D eigenvalue weighted by Crippen LogP contribution is 2.41. The van der Waals surface area contributed by atoms with Gasteiger partial charge in [0, 0.05) is 44.2 Å². The number of carbonyl (C=O) groups excluding carboxylic acids is 2. The van der Waals surface area contributed by atoms with Crippen molar-refractivity contribution in [2.24, 2.45) is 29.1 Å². The molecule has 4 rings (SSSR count). The number of esters is 1. The van der Waals surface area contributed by atoms with Crippen LogP contribution in [0.1, 0.15) is 80.1 Å². The first-order valence-electron chi connectivity index (χ1n) is 17.3. The summed E-state index contributed by atoms with van der Waals surface area (Å²) in [7, 11) is 9.89. The number of ether oxygens (including phenoxy) is 4. The van der Waals surface area contributed by atoms with Crippen molar-refractivity contribution < 1.29 is 33.6 Å². The molecule has 45 heavy (non-hydrogen) atoms. The minimum absolute atomic E-state index is 0.0714. The van der Waals surface area contributed by atoms with E-state index >= 15 is 0 Å². The van der Waals surface area contributed by atoms with E-state index in [-0.39, 0.29) is 36.5 Å². The standard InChI is InChI=1S/C35H63N3O7/c1-21-17-35(6,42-11)31(45-32-29(39)27(36(7)8)14-22(2)44-32)23(3)30(40)34(4,5)33(41)43-20-28(38(10)18-21)25-15-26(16-25)37(9)19-24-12-13-24/h21-29,31-32,39H,12-20H2,1-11H3/t21-,22-,23+,25-,26-,27+,28+,29-,31-,32+,35-/m1/s1. The van der Waals surface area contributed by atoms with Crippen molar-refractivity contribution in [1.82, 2.24) is 14.7 Å². The monoisotopic (exact) mass is 637 g/mol. The lowest BCUT2D eigenvalue weighted by molar-refractivity contribution is -0.295. The third kappa shape index (κ3) is 8.30.